The smallest absolute Gasteiger partial charge is 0.146 e. The van der Waals surface area contributed by atoms with Gasteiger partial charge in [0.05, 0.1) is 5.41 Å². The number of allylic oxidation sites excluding steroid dienone is 3. The van der Waals surface area contributed by atoms with Gasteiger partial charge in [0.25, 0.3) is 0 Å². The van der Waals surface area contributed by atoms with E-state index in [1.165, 1.54) is 77.0 Å². The molecule has 0 N–H and O–H groups in total. The summed E-state index contributed by atoms with van der Waals surface area (Å²) >= 11 is 0. The standard InChI is InChI=1S/C20H32OSi/c22-21-16-20(17-10-4-1-5-11-17,18-12-6-2-7-13-18)19-14-8-3-9-15-19/h10,12,14H,1-9,11,13,15-16H2,22H3. The fourth-order valence-electron chi connectivity index (χ4n) is 4.79. The Morgan fingerprint density at radius 1 is 0.727 bits per heavy atom. The maximum atomic E-state index is 5.98. The Kier molecular flexibility index (Phi) is 5.75. The Morgan fingerprint density at radius 3 is 1.41 bits per heavy atom. The molecule has 0 amide bonds. The molecule has 0 radical (unpaired) electrons. The lowest BCUT2D eigenvalue weighted by Crippen LogP contribution is -2.36. The van der Waals surface area contributed by atoms with Crippen LogP contribution in [0.3, 0.4) is 0 Å². The molecule has 0 heterocycles. The Labute approximate surface area is 139 Å². The third-order valence-corrected chi connectivity index (χ3v) is 6.17. The first kappa shape index (κ1) is 16.3. The summed E-state index contributed by atoms with van der Waals surface area (Å²) in [6, 6.07) is 0. The average Bonchev–Trinajstić information content (AvgIpc) is 2.62. The topological polar surface area (TPSA) is 9.23 Å². The van der Waals surface area contributed by atoms with Crippen molar-refractivity contribution in [1.82, 2.24) is 0 Å². The van der Waals surface area contributed by atoms with E-state index in [1.54, 1.807) is 16.7 Å². The van der Waals surface area contributed by atoms with Crippen molar-refractivity contribution in [2.24, 2.45) is 5.41 Å². The van der Waals surface area contributed by atoms with E-state index < -0.39 is 0 Å². The van der Waals surface area contributed by atoms with Crippen molar-refractivity contribution < 1.29 is 4.43 Å². The molecule has 0 aromatic rings. The van der Waals surface area contributed by atoms with E-state index in [-0.39, 0.29) is 5.41 Å². The van der Waals surface area contributed by atoms with Crippen LogP contribution in [-0.2, 0) is 4.43 Å². The highest BCUT2D eigenvalue weighted by Gasteiger charge is 2.41. The van der Waals surface area contributed by atoms with Gasteiger partial charge in [-0.2, -0.15) is 0 Å². The average molecular weight is 317 g/mol. The van der Waals surface area contributed by atoms with E-state index in [0.29, 0.717) is 0 Å². The third-order valence-electron chi connectivity index (χ3n) is 5.88. The predicted molar refractivity (Wildman–Crippen MR) is 98.0 cm³/mol. The zero-order valence-corrected chi connectivity index (χ0v) is 16.3. The van der Waals surface area contributed by atoms with Gasteiger partial charge in [0.2, 0.25) is 0 Å². The van der Waals surface area contributed by atoms with Gasteiger partial charge >= 0.3 is 0 Å². The normalized spacial score (nSPS) is 23.7. The van der Waals surface area contributed by atoms with Crippen LogP contribution in [0.4, 0.5) is 0 Å². The molecule has 0 aliphatic heterocycles. The molecule has 0 spiro atoms. The van der Waals surface area contributed by atoms with E-state index in [1.807, 2.05) is 0 Å². The summed E-state index contributed by atoms with van der Waals surface area (Å²) in [7, 11) is 0.850. The van der Waals surface area contributed by atoms with Crippen LogP contribution in [0.5, 0.6) is 0 Å². The summed E-state index contributed by atoms with van der Waals surface area (Å²) in [4.78, 5) is 0. The van der Waals surface area contributed by atoms with Gasteiger partial charge in [-0.3, -0.25) is 0 Å². The van der Waals surface area contributed by atoms with Crippen molar-refractivity contribution in [3.63, 3.8) is 0 Å². The van der Waals surface area contributed by atoms with Crippen LogP contribution in [0.2, 0.25) is 0 Å². The monoisotopic (exact) mass is 316 g/mol. The Bertz CT molecular complexity index is 408. The molecule has 0 aromatic heterocycles. The number of hydrogen-bond acceptors (Lipinski definition) is 1. The maximum absolute atomic E-state index is 5.98. The number of rotatable bonds is 5. The molecule has 0 saturated heterocycles. The quantitative estimate of drug-likeness (QED) is 0.524. The van der Waals surface area contributed by atoms with Crippen LogP contribution in [0.1, 0.15) is 77.0 Å². The van der Waals surface area contributed by atoms with Crippen LogP contribution < -0.4 is 0 Å². The van der Waals surface area contributed by atoms with E-state index in [0.717, 1.165) is 17.1 Å². The fraction of sp³-hybridized carbons (Fsp3) is 0.700. The highest BCUT2D eigenvalue weighted by molar-refractivity contribution is 5.98. The molecule has 0 bridgehead atoms. The molecular weight excluding hydrogens is 284 g/mol. The summed E-state index contributed by atoms with van der Waals surface area (Å²) in [6.07, 6.45) is 23.7. The molecule has 1 nitrogen and oxygen atoms in total. The van der Waals surface area contributed by atoms with Crippen LogP contribution in [0.15, 0.2) is 34.9 Å². The molecule has 0 saturated carbocycles. The lowest BCUT2D eigenvalue weighted by Gasteiger charge is -2.44. The van der Waals surface area contributed by atoms with Crippen molar-refractivity contribution in [1.29, 1.82) is 0 Å². The van der Waals surface area contributed by atoms with Crippen molar-refractivity contribution in [3.8, 4) is 0 Å². The summed E-state index contributed by atoms with van der Waals surface area (Å²) < 4.78 is 5.98. The summed E-state index contributed by atoms with van der Waals surface area (Å²) in [5, 5.41) is 0. The minimum Gasteiger partial charge on any atom is -0.426 e. The first-order valence-electron chi connectivity index (χ1n) is 9.45. The summed E-state index contributed by atoms with van der Waals surface area (Å²) in [6.45, 7) is 0.919. The molecule has 3 aliphatic carbocycles. The first-order chi connectivity index (χ1) is 10.9. The van der Waals surface area contributed by atoms with Crippen molar-refractivity contribution in [3.05, 3.63) is 34.9 Å². The zero-order chi connectivity index (χ0) is 15.3. The van der Waals surface area contributed by atoms with Gasteiger partial charge in [-0.05, 0) is 77.0 Å². The van der Waals surface area contributed by atoms with Crippen LogP contribution in [0.25, 0.3) is 0 Å². The molecule has 0 aromatic carbocycles. The van der Waals surface area contributed by atoms with Gasteiger partial charge in [-0.1, -0.05) is 34.9 Å². The van der Waals surface area contributed by atoms with Crippen LogP contribution in [-0.4, -0.2) is 17.1 Å². The summed E-state index contributed by atoms with van der Waals surface area (Å²) in [5.74, 6) is 0. The highest BCUT2D eigenvalue weighted by Crippen LogP contribution is 2.51. The van der Waals surface area contributed by atoms with Crippen molar-refractivity contribution in [2.45, 2.75) is 77.0 Å². The van der Waals surface area contributed by atoms with Gasteiger partial charge in [-0.15, -0.1) is 0 Å². The van der Waals surface area contributed by atoms with Gasteiger partial charge in [0.1, 0.15) is 10.5 Å². The lowest BCUT2D eigenvalue weighted by molar-refractivity contribution is 0.235. The van der Waals surface area contributed by atoms with Gasteiger partial charge in [-0.25, -0.2) is 0 Å². The molecule has 122 valence electrons. The minimum absolute atomic E-state index is 0.156. The first-order valence-corrected chi connectivity index (χ1v) is 10.3. The third kappa shape index (κ3) is 3.19. The molecular formula is C20H32OSi. The van der Waals surface area contributed by atoms with Crippen molar-refractivity contribution in [2.75, 3.05) is 6.61 Å². The molecule has 0 atom stereocenters. The Morgan fingerprint density at radius 2 is 1.14 bits per heavy atom. The fourth-order valence-corrected chi connectivity index (χ4v) is 5.22. The van der Waals surface area contributed by atoms with Crippen LogP contribution >= 0.6 is 0 Å². The predicted octanol–water partition coefficient (Wildman–Crippen LogP) is 4.77. The molecule has 0 fully saturated rings. The molecule has 0 unspecified atom stereocenters. The van der Waals surface area contributed by atoms with E-state index in [2.05, 4.69) is 18.2 Å². The largest absolute Gasteiger partial charge is 0.426 e. The van der Waals surface area contributed by atoms with Gasteiger partial charge < -0.3 is 4.43 Å². The highest BCUT2D eigenvalue weighted by atomic mass is 28.2. The second-order valence-corrected chi connectivity index (χ2v) is 7.84. The minimum atomic E-state index is 0.156. The maximum Gasteiger partial charge on any atom is 0.146 e. The molecule has 2 heteroatoms. The Hall–Kier alpha value is -0.603. The summed E-state index contributed by atoms with van der Waals surface area (Å²) in [5.41, 5.74) is 5.27. The second-order valence-electron chi connectivity index (χ2n) is 7.26. The second kappa shape index (κ2) is 7.78. The van der Waals surface area contributed by atoms with E-state index in [4.69, 9.17) is 4.43 Å². The molecule has 3 rings (SSSR count). The zero-order valence-electron chi connectivity index (χ0n) is 14.3. The van der Waals surface area contributed by atoms with Gasteiger partial charge in [0, 0.05) is 6.61 Å². The van der Waals surface area contributed by atoms with Crippen LogP contribution in [0, 0.1) is 5.41 Å². The van der Waals surface area contributed by atoms with E-state index in [9.17, 15) is 0 Å². The van der Waals surface area contributed by atoms with Gasteiger partial charge in [0.15, 0.2) is 0 Å². The number of hydrogen-bond donors (Lipinski definition) is 0. The van der Waals surface area contributed by atoms with E-state index >= 15 is 0 Å². The Balaban J connectivity index is 2.06. The molecule has 22 heavy (non-hydrogen) atoms. The molecule has 3 aliphatic rings. The SMILES string of the molecule is [SiH3]OCC(C1=CCCCC1)(C1=CCCCC1)C1=CCCCC1. The lowest BCUT2D eigenvalue weighted by atomic mass is 9.62. The van der Waals surface area contributed by atoms with Crippen molar-refractivity contribution >= 4 is 10.5 Å².